The van der Waals surface area contributed by atoms with E-state index >= 15 is 0 Å². The molecule has 0 saturated carbocycles. The van der Waals surface area contributed by atoms with Crippen molar-refractivity contribution >= 4 is 77.2 Å². The predicted molar refractivity (Wildman–Crippen MR) is 143 cm³/mol. The zero-order valence-electron chi connectivity index (χ0n) is 17.9. The number of fused-ring (bicyclic) bond motifs is 2. The summed E-state index contributed by atoms with van der Waals surface area (Å²) in [5.74, 6) is 0.557. The maximum Gasteiger partial charge on any atom is 0.267 e. The fraction of sp³-hybridized carbons (Fsp3) is 0.0833. The van der Waals surface area contributed by atoms with Crippen LogP contribution in [0.4, 0.5) is 5.13 Å². The van der Waals surface area contributed by atoms with Gasteiger partial charge >= 0.3 is 0 Å². The van der Waals surface area contributed by atoms with Crippen molar-refractivity contribution in [1.82, 2.24) is 19.7 Å². The molecule has 6 aromatic rings. The summed E-state index contributed by atoms with van der Waals surface area (Å²) in [5.41, 5.74) is 3.83. The zero-order chi connectivity index (χ0) is 23.1. The van der Waals surface area contributed by atoms with E-state index in [2.05, 4.69) is 26.4 Å². The van der Waals surface area contributed by atoms with Gasteiger partial charge in [0, 0.05) is 16.5 Å². The summed E-state index contributed by atoms with van der Waals surface area (Å²) in [7, 11) is 0. The van der Waals surface area contributed by atoms with Gasteiger partial charge in [0.15, 0.2) is 9.47 Å². The largest absolute Gasteiger partial charge is 0.297 e. The molecular weight excluding hydrogens is 503 g/mol. The Bertz CT molecular complexity index is 1600. The van der Waals surface area contributed by atoms with Crippen LogP contribution in [0.2, 0.25) is 0 Å². The van der Waals surface area contributed by atoms with E-state index < -0.39 is 0 Å². The van der Waals surface area contributed by atoms with Crippen molar-refractivity contribution in [3.63, 3.8) is 0 Å². The summed E-state index contributed by atoms with van der Waals surface area (Å²) >= 11 is 6.23. The fourth-order valence-corrected chi connectivity index (χ4v) is 7.39. The van der Waals surface area contributed by atoms with Crippen LogP contribution in [-0.4, -0.2) is 25.7 Å². The summed E-state index contributed by atoms with van der Waals surface area (Å²) in [6, 6.07) is 20.0. The molecule has 0 saturated heterocycles. The van der Waals surface area contributed by atoms with Gasteiger partial charge in [-0.15, -0.1) is 34.0 Å². The second-order valence-corrected chi connectivity index (χ2v) is 11.6. The van der Waals surface area contributed by atoms with Crippen LogP contribution < -0.4 is 5.32 Å². The van der Waals surface area contributed by atoms with Gasteiger partial charge in [-0.1, -0.05) is 42.1 Å². The minimum absolute atomic E-state index is 0.153. The van der Waals surface area contributed by atoms with E-state index in [4.69, 9.17) is 0 Å². The Hall–Kier alpha value is -3.05. The molecule has 0 aliphatic rings. The minimum Gasteiger partial charge on any atom is -0.297 e. The van der Waals surface area contributed by atoms with Crippen molar-refractivity contribution in [2.75, 3.05) is 5.32 Å². The molecule has 2 aromatic carbocycles. The van der Waals surface area contributed by atoms with Gasteiger partial charge < -0.3 is 0 Å². The summed E-state index contributed by atoms with van der Waals surface area (Å²) in [6.45, 7) is 1.96. The number of anilines is 1. The lowest BCUT2D eigenvalue weighted by molar-refractivity contribution is 0.103. The number of thioether (sulfide) groups is 1. The van der Waals surface area contributed by atoms with Crippen LogP contribution in [0.1, 0.15) is 21.1 Å². The van der Waals surface area contributed by atoms with Gasteiger partial charge in [0.1, 0.15) is 4.83 Å². The van der Waals surface area contributed by atoms with Crippen LogP contribution in [0.5, 0.6) is 0 Å². The summed E-state index contributed by atoms with van der Waals surface area (Å²) in [5, 5.41) is 11.2. The third-order valence-corrected chi connectivity index (χ3v) is 9.29. The number of aryl methyl sites for hydroxylation is 1. The van der Waals surface area contributed by atoms with Crippen molar-refractivity contribution in [1.29, 1.82) is 0 Å². The Labute approximate surface area is 211 Å². The molecule has 0 aliphatic heterocycles. The average molecular weight is 520 g/mol. The molecule has 0 bridgehead atoms. The first-order valence-corrected chi connectivity index (χ1v) is 13.9. The van der Waals surface area contributed by atoms with Gasteiger partial charge in [-0.3, -0.25) is 10.1 Å². The van der Waals surface area contributed by atoms with Crippen molar-refractivity contribution in [2.45, 2.75) is 17.0 Å². The van der Waals surface area contributed by atoms with Gasteiger partial charge in [-0.2, -0.15) is 5.10 Å². The van der Waals surface area contributed by atoms with Crippen molar-refractivity contribution < 1.29 is 4.79 Å². The van der Waals surface area contributed by atoms with Crippen LogP contribution in [0.3, 0.4) is 0 Å². The molecule has 0 radical (unpaired) electrons. The molecule has 4 heterocycles. The van der Waals surface area contributed by atoms with E-state index in [1.54, 1.807) is 23.1 Å². The second-order valence-electron chi connectivity index (χ2n) is 7.50. The third-order valence-electron chi connectivity index (χ3n) is 5.16. The summed E-state index contributed by atoms with van der Waals surface area (Å²) in [6.07, 6.45) is 0. The van der Waals surface area contributed by atoms with Crippen molar-refractivity contribution in [3.8, 4) is 5.69 Å². The number of para-hydroxylation sites is 2. The number of rotatable bonds is 6. The lowest BCUT2D eigenvalue weighted by atomic mass is 10.3. The Kier molecular flexibility index (Phi) is 5.66. The smallest absolute Gasteiger partial charge is 0.267 e. The lowest BCUT2D eigenvalue weighted by Gasteiger charge is -2.01. The topological polar surface area (TPSA) is 72.7 Å². The van der Waals surface area contributed by atoms with E-state index in [0.717, 1.165) is 37.1 Å². The number of hydrogen-bond acceptors (Lipinski definition) is 8. The Balaban J connectivity index is 1.16. The predicted octanol–water partition coefficient (Wildman–Crippen LogP) is 7.01. The van der Waals surface area contributed by atoms with E-state index in [9.17, 15) is 4.79 Å². The third kappa shape index (κ3) is 4.14. The molecular formula is C24H17N5OS4. The highest BCUT2D eigenvalue weighted by Crippen LogP contribution is 2.33. The molecule has 1 N–H and O–H groups in total. The van der Waals surface area contributed by atoms with E-state index in [1.807, 2.05) is 71.6 Å². The monoisotopic (exact) mass is 519 g/mol. The number of thiophene rings is 1. The average Bonchev–Trinajstić information content (AvgIpc) is 3.63. The number of nitrogens with zero attached hydrogens (tertiary/aromatic N) is 4. The molecule has 6 nitrogen and oxygen atoms in total. The molecule has 0 unspecified atom stereocenters. The van der Waals surface area contributed by atoms with Gasteiger partial charge in [-0.05, 0) is 37.3 Å². The van der Waals surface area contributed by atoms with Crippen molar-refractivity contribution in [2.24, 2.45) is 0 Å². The number of thiazole rings is 2. The Morgan fingerprint density at radius 2 is 1.88 bits per heavy atom. The first-order chi connectivity index (χ1) is 16.6. The normalized spacial score (nSPS) is 11.4. The highest BCUT2D eigenvalue weighted by Gasteiger charge is 2.18. The fourth-order valence-electron chi connectivity index (χ4n) is 3.54. The second kappa shape index (κ2) is 8.95. The molecule has 0 spiro atoms. The molecule has 34 heavy (non-hydrogen) atoms. The molecule has 0 fully saturated rings. The molecule has 0 atom stereocenters. The SMILES string of the molecule is Cc1nn(-c2ccccc2)c2sc(C(=O)Nc3nc(CSc4nc5ccccc5s4)cs3)cc12. The van der Waals surface area contributed by atoms with E-state index in [-0.39, 0.29) is 5.91 Å². The van der Waals surface area contributed by atoms with E-state index in [0.29, 0.717) is 15.8 Å². The number of aromatic nitrogens is 4. The highest BCUT2D eigenvalue weighted by molar-refractivity contribution is 8.00. The zero-order valence-corrected chi connectivity index (χ0v) is 21.2. The van der Waals surface area contributed by atoms with Gasteiger partial charge in [0.2, 0.25) is 0 Å². The van der Waals surface area contributed by atoms with E-state index in [1.165, 1.54) is 27.4 Å². The van der Waals surface area contributed by atoms with Gasteiger partial charge in [-0.25, -0.2) is 14.6 Å². The number of amides is 1. The number of hydrogen-bond donors (Lipinski definition) is 1. The van der Waals surface area contributed by atoms with Crippen LogP contribution in [0.15, 0.2) is 70.4 Å². The maximum absolute atomic E-state index is 13.0. The lowest BCUT2D eigenvalue weighted by Crippen LogP contribution is -2.10. The van der Waals surface area contributed by atoms with Crippen LogP contribution >= 0.6 is 45.8 Å². The van der Waals surface area contributed by atoms with Crippen LogP contribution in [0, 0.1) is 6.92 Å². The Morgan fingerprint density at radius 3 is 2.74 bits per heavy atom. The Morgan fingerprint density at radius 1 is 1.06 bits per heavy atom. The standard InChI is InChI=1S/C24H17N5OS4/c1-14-17-11-20(33-22(17)29(28-14)16-7-3-2-4-8-16)21(30)27-23-25-15(12-31-23)13-32-24-26-18-9-5-6-10-19(18)34-24/h2-12H,13H2,1H3,(H,25,27,30). The van der Waals surface area contributed by atoms with Gasteiger partial charge in [0.25, 0.3) is 5.91 Å². The minimum atomic E-state index is -0.153. The summed E-state index contributed by atoms with van der Waals surface area (Å²) < 4.78 is 4.10. The molecule has 1 amide bonds. The van der Waals surface area contributed by atoms with Gasteiger partial charge in [0.05, 0.1) is 32.2 Å². The molecule has 168 valence electrons. The number of nitrogens with one attached hydrogen (secondary N) is 1. The number of carbonyl (C=O) groups is 1. The first kappa shape index (κ1) is 21.5. The summed E-state index contributed by atoms with van der Waals surface area (Å²) in [4.78, 5) is 23.8. The quantitative estimate of drug-likeness (QED) is 0.240. The highest BCUT2D eigenvalue weighted by atomic mass is 32.2. The molecule has 10 heteroatoms. The first-order valence-electron chi connectivity index (χ1n) is 10.4. The molecule has 6 rings (SSSR count). The number of benzene rings is 2. The van der Waals surface area contributed by atoms with Crippen LogP contribution in [-0.2, 0) is 5.75 Å². The maximum atomic E-state index is 13.0. The van der Waals surface area contributed by atoms with Crippen molar-refractivity contribution in [3.05, 3.63) is 82.3 Å². The molecule has 0 aliphatic carbocycles. The van der Waals surface area contributed by atoms with Crippen LogP contribution in [0.25, 0.3) is 26.1 Å². The number of carbonyl (C=O) groups excluding carboxylic acids is 1. The molecule has 4 aromatic heterocycles.